The van der Waals surface area contributed by atoms with E-state index in [0.29, 0.717) is 5.75 Å². The molecule has 0 amide bonds. The van der Waals surface area contributed by atoms with Crippen LogP contribution in [-0.4, -0.2) is 5.11 Å². The third-order valence-electron chi connectivity index (χ3n) is 5.23. The lowest BCUT2D eigenvalue weighted by Crippen LogP contribution is -2.17. The molecule has 2 nitrogen and oxygen atoms in total. The highest BCUT2D eigenvalue weighted by Gasteiger charge is 2.31. The van der Waals surface area contributed by atoms with Gasteiger partial charge in [0.15, 0.2) is 5.75 Å². The van der Waals surface area contributed by atoms with Gasteiger partial charge in [0.25, 0.3) is 0 Å². The van der Waals surface area contributed by atoms with Gasteiger partial charge in [0, 0.05) is 11.1 Å². The Bertz CT molecular complexity index is 1050. The standard InChI is InChI=1S/C24H20ClFO2/c1-3-15-4-6-17(7-5-15)23-21(16-8-10-18(26)11-9-16)14(2)19-12-13-20(27)22(25)24(19)28-23/h4-13,23,27H,3H2,1-2H3/t23-/m0/s1. The number of fused-ring (bicyclic) bond motifs is 1. The predicted octanol–water partition coefficient (Wildman–Crippen LogP) is 6.81. The molecule has 0 fully saturated rings. The van der Waals surface area contributed by atoms with E-state index in [1.807, 2.05) is 19.1 Å². The summed E-state index contributed by atoms with van der Waals surface area (Å²) in [6.07, 6.45) is 0.539. The molecule has 1 aliphatic heterocycles. The van der Waals surface area contributed by atoms with Crippen molar-refractivity contribution in [1.29, 1.82) is 0 Å². The van der Waals surface area contributed by atoms with Crippen molar-refractivity contribution in [2.75, 3.05) is 0 Å². The van der Waals surface area contributed by atoms with Gasteiger partial charge in [-0.05, 0) is 59.9 Å². The zero-order valence-electron chi connectivity index (χ0n) is 15.7. The van der Waals surface area contributed by atoms with Crippen molar-refractivity contribution in [3.8, 4) is 11.5 Å². The Labute approximate surface area is 168 Å². The third kappa shape index (κ3) is 3.16. The monoisotopic (exact) mass is 394 g/mol. The Balaban J connectivity index is 1.93. The first kappa shape index (κ1) is 18.6. The van der Waals surface area contributed by atoms with Crippen molar-refractivity contribution >= 4 is 22.7 Å². The Morgan fingerprint density at radius 1 is 1.00 bits per heavy atom. The van der Waals surface area contributed by atoms with Crippen molar-refractivity contribution in [3.05, 3.63) is 93.8 Å². The third-order valence-corrected chi connectivity index (χ3v) is 5.59. The first-order chi connectivity index (χ1) is 13.5. The number of rotatable bonds is 3. The Morgan fingerprint density at radius 3 is 2.32 bits per heavy atom. The van der Waals surface area contributed by atoms with Crippen LogP contribution in [0.15, 0.2) is 60.7 Å². The number of ether oxygens (including phenoxy) is 1. The molecule has 3 aromatic carbocycles. The first-order valence-corrected chi connectivity index (χ1v) is 9.61. The second-order valence-electron chi connectivity index (χ2n) is 6.91. The topological polar surface area (TPSA) is 29.5 Å². The molecule has 0 spiro atoms. The van der Waals surface area contributed by atoms with Gasteiger partial charge in [0.2, 0.25) is 0 Å². The Kier molecular flexibility index (Phi) is 4.86. The van der Waals surface area contributed by atoms with Crippen LogP contribution < -0.4 is 4.74 Å². The summed E-state index contributed by atoms with van der Waals surface area (Å²) in [5, 5.41) is 10.2. The molecule has 3 aromatic rings. The Hall–Kier alpha value is -2.78. The van der Waals surface area contributed by atoms with Gasteiger partial charge in [0.1, 0.15) is 22.7 Å². The lowest BCUT2D eigenvalue weighted by Gasteiger charge is -2.32. The van der Waals surface area contributed by atoms with E-state index in [4.69, 9.17) is 16.3 Å². The van der Waals surface area contributed by atoms with E-state index in [9.17, 15) is 9.50 Å². The molecule has 1 heterocycles. The van der Waals surface area contributed by atoms with Crippen molar-refractivity contribution in [1.82, 2.24) is 0 Å². The number of allylic oxidation sites excluding steroid dienone is 1. The summed E-state index contributed by atoms with van der Waals surface area (Å²) >= 11 is 6.34. The maximum absolute atomic E-state index is 13.5. The lowest BCUT2D eigenvalue weighted by molar-refractivity contribution is 0.259. The minimum Gasteiger partial charge on any atom is -0.506 e. The van der Waals surface area contributed by atoms with Gasteiger partial charge in [-0.1, -0.05) is 54.9 Å². The molecule has 0 unspecified atom stereocenters. The average Bonchev–Trinajstić information content (AvgIpc) is 2.72. The zero-order chi connectivity index (χ0) is 19.8. The van der Waals surface area contributed by atoms with Crippen LogP contribution in [-0.2, 0) is 6.42 Å². The van der Waals surface area contributed by atoms with E-state index < -0.39 is 6.10 Å². The number of aryl methyl sites for hydroxylation is 1. The maximum atomic E-state index is 13.5. The van der Waals surface area contributed by atoms with Gasteiger partial charge >= 0.3 is 0 Å². The van der Waals surface area contributed by atoms with Crippen LogP contribution in [0.5, 0.6) is 11.5 Å². The fraction of sp³-hybridized carbons (Fsp3) is 0.167. The second kappa shape index (κ2) is 7.33. The van der Waals surface area contributed by atoms with Crippen molar-refractivity contribution < 1.29 is 14.2 Å². The molecule has 4 heteroatoms. The number of halogens is 2. The summed E-state index contributed by atoms with van der Waals surface area (Å²) in [7, 11) is 0. The molecular formula is C24H20ClFO2. The van der Waals surface area contributed by atoms with Crippen molar-refractivity contribution in [2.24, 2.45) is 0 Å². The smallest absolute Gasteiger partial charge is 0.150 e. The fourth-order valence-electron chi connectivity index (χ4n) is 3.63. The van der Waals surface area contributed by atoms with E-state index in [-0.39, 0.29) is 16.6 Å². The lowest BCUT2D eigenvalue weighted by atomic mass is 9.86. The van der Waals surface area contributed by atoms with Gasteiger partial charge in [-0.25, -0.2) is 4.39 Å². The fourth-order valence-corrected chi connectivity index (χ4v) is 3.84. The molecular weight excluding hydrogens is 375 g/mol. The van der Waals surface area contributed by atoms with Crippen LogP contribution in [0.2, 0.25) is 5.02 Å². The second-order valence-corrected chi connectivity index (χ2v) is 7.29. The predicted molar refractivity (Wildman–Crippen MR) is 111 cm³/mol. The molecule has 142 valence electrons. The highest BCUT2D eigenvalue weighted by Crippen LogP contribution is 2.50. The van der Waals surface area contributed by atoms with E-state index in [1.54, 1.807) is 24.3 Å². The minimum absolute atomic E-state index is 0.0153. The molecule has 0 saturated heterocycles. The van der Waals surface area contributed by atoms with Crippen molar-refractivity contribution in [3.63, 3.8) is 0 Å². The highest BCUT2D eigenvalue weighted by atomic mass is 35.5. The molecule has 1 atom stereocenters. The van der Waals surface area contributed by atoms with Gasteiger partial charge in [-0.15, -0.1) is 0 Å². The van der Waals surface area contributed by atoms with Crippen LogP contribution in [0, 0.1) is 5.82 Å². The summed E-state index contributed by atoms with van der Waals surface area (Å²) in [4.78, 5) is 0. The summed E-state index contributed by atoms with van der Waals surface area (Å²) in [6, 6.07) is 18.0. The van der Waals surface area contributed by atoms with Crippen LogP contribution >= 0.6 is 11.6 Å². The summed E-state index contributed by atoms with van der Waals surface area (Å²) < 4.78 is 19.8. The molecule has 0 radical (unpaired) electrons. The molecule has 28 heavy (non-hydrogen) atoms. The summed E-state index contributed by atoms with van der Waals surface area (Å²) in [5.74, 6) is 0.170. The van der Waals surface area contributed by atoms with Gasteiger partial charge in [-0.2, -0.15) is 0 Å². The molecule has 0 aromatic heterocycles. The van der Waals surface area contributed by atoms with Gasteiger partial charge in [-0.3, -0.25) is 0 Å². The maximum Gasteiger partial charge on any atom is 0.150 e. The largest absolute Gasteiger partial charge is 0.506 e. The normalized spacial score (nSPS) is 15.9. The molecule has 0 bridgehead atoms. The molecule has 0 saturated carbocycles. The summed E-state index contributed by atoms with van der Waals surface area (Å²) in [6.45, 7) is 4.11. The van der Waals surface area contributed by atoms with E-state index in [1.165, 1.54) is 17.7 Å². The molecule has 1 N–H and O–H groups in total. The van der Waals surface area contributed by atoms with Crippen LogP contribution in [0.3, 0.4) is 0 Å². The van der Waals surface area contributed by atoms with Crippen LogP contribution in [0.4, 0.5) is 4.39 Å². The summed E-state index contributed by atoms with van der Waals surface area (Å²) in [5.41, 5.74) is 5.86. The zero-order valence-corrected chi connectivity index (χ0v) is 16.4. The average molecular weight is 395 g/mol. The van der Waals surface area contributed by atoms with E-state index >= 15 is 0 Å². The van der Waals surface area contributed by atoms with Crippen molar-refractivity contribution in [2.45, 2.75) is 26.4 Å². The van der Waals surface area contributed by atoms with Gasteiger partial charge in [0.05, 0.1) is 0 Å². The molecule has 4 rings (SSSR count). The molecule has 1 aliphatic rings. The van der Waals surface area contributed by atoms with Gasteiger partial charge < -0.3 is 9.84 Å². The highest BCUT2D eigenvalue weighted by molar-refractivity contribution is 6.34. The first-order valence-electron chi connectivity index (χ1n) is 9.23. The number of phenols is 1. The van der Waals surface area contributed by atoms with Crippen LogP contribution in [0.1, 0.15) is 42.2 Å². The number of aromatic hydroxyl groups is 1. The minimum atomic E-state index is -0.414. The number of phenolic OH excluding ortho intramolecular Hbond substituents is 1. The van der Waals surface area contributed by atoms with E-state index in [2.05, 4.69) is 19.1 Å². The van der Waals surface area contributed by atoms with E-state index in [0.717, 1.165) is 34.3 Å². The number of benzene rings is 3. The van der Waals surface area contributed by atoms with Crippen LogP contribution in [0.25, 0.3) is 11.1 Å². The quantitative estimate of drug-likeness (QED) is 0.528. The Morgan fingerprint density at radius 2 is 1.68 bits per heavy atom. The number of hydrogen-bond donors (Lipinski definition) is 1. The number of hydrogen-bond acceptors (Lipinski definition) is 2. The SMILES string of the molecule is CCc1ccc([C@@H]2Oc3c(ccc(O)c3Cl)C(C)=C2c2ccc(F)cc2)cc1. The molecule has 0 aliphatic carbocycles.